The van der Waals surface area contributed by atoms with Gasteiger partial charge in [0.1, 0.15) is 16.0 Å². The largest absolute Gasteiger partial charge is 0.454 e. The Morgan fingerprint density at radius 2 is 2.08 bits per heavy atom. The number of nitrogens with one attached hydrogen (secondary N) is 2. The Hall–Kier alpha value is -3.63. The van der Waals surface area contributed by atoms with Crippen LogP contribution >= 0.6 is 11.8 Å². The zero-order chi connectivity index (χ0) is 25.5. The maximum Gasteiger partial charge on any atom is 0.327 e. The summed E-state index contributed by atoms with van der Waals surface area (Å²) < 4.78 is 26.4. The van der Waals surface area contributed by atoms with Crippen LogP contribution in [0.15, 0.2) is 59.8 Å². The Balaban J connectivity index is 1.30. The molecule has 10 heteroatoms. The van der Waals surface area contributed by atoms with Crippen LogP contribution in [0.2, 0.25) is 0 Å². The predicted octanol–water partition coefficient (Wildman–Crippen LogP) is 4.99. The summed E-state index contributed by atoms with van der Waals surface area (Å²) in [6.07, 6.45) is 3.37. The number of amides is 3. The van der Waals surface area contributed by atoms with Gasteiger partial charge in [0.05, 0.1) is 30.1 Å². The molecule has 0 aliphatic carbocycles. The summed E-state index contributed by atoms with van der Waals surface area (Å²) in [5.74, 6) is -0.166. The third-order valence-electron chi connectivity index (χ3n) is 6.73. The fourth-order valence-corrected chi connectivity index (χ4v) is 6.22. The number of hydrogen-bond donors (Lipinski definition) is 2. The van der Waals surface area contributed by atoms with Crippen LogP contribution in [0.5, 0.6) is 11.5 Å². The summed E-state index contributed by atoms with van der Waals surface area (Å²) in [6.45, 7) is 2.99. The molecule has 0 bridgehead atoms. The van der Waals surface area contributed by atoms with Crippen LogP contribution in [-0.2, 0) is 9.53 Å². The lowest BCUT2D eigenvalue weighted by atomic mass is 9.99. The number of aromatic nitrogens is 1. The molecule has 3 atom stereocenters. The van der Waals surface area contributed by atoms with Crippen molar-refractivity contribution in [3.63, 3.8) is 0 Å². The number of benzene rings is 2. The van der Waals surface area contributed by atoms with Crippen molar-refractivity contribution in [2.24, 2.45) is 0 Å². The number of pyridine rings is 1. The van der Waals surface area contributed by atoms with E-state index in [1.54, 1.807) is 49.5 Å². The van der Waals surface area contributed by atoms with Crippen molar-refractivity contribution in [1.29, 1.82) is 0 Å². The van der Waals surface area contributed by atoms with Crippen molar-refractivity contribution in [1.82, 2.24) is 15.6 Å². The topological polar surface area (TPSA) is 92.8 Å². The lowest BCUT2D eigenvalue weighted by Crippen LogP contribution is -2.51. The molecule has 8 nitrogen and oxygen atoms in total. The van der Waals surface area contributed by atoms with Gasteiger partial charge in [0.2, 0.25) is 5.91 Å². The van der Waals surface area contributed by atoms with Gasteiger partial charge in [-0.05, 0) is 49.6 Å². The van der Waals surface area contributed by atoms with Crippen LogP contribution in [0, 0.1) is 12.7 Å². The average Bonchev–Trinajstić information content (AvgIpc) is 3.27. The Kier molecular flexibility index (Phi) is 6.21. The number of para-hydroxylation sites is 1. The summed E-state index contributed by atoms with van der Waals surface area (Å²) in [5, 5.41) is 6.15. The molecule has 1 saturated heterocycles. The highest BCUT2D eigenvalue weighted by atomic mass is 32.2. The lowest BCUT2D eigenvalue weighted by Gasteiger charge is -2.35. The minimum atomic E-state index is -0.591. The molecule has 1 aromatic heterocycles. The molecular formula is C27H25FN4O4S. The fraction of sp³-hybridized carbons (Fsp3) is 0.296. The van der Waals surface area contributed by atoms with Gasteiger partial charge in [-0.2, -0.15) is 0 Å². The molecule has 2 unspecified atom stereocenters. The minimum Gasteiger partial charge on any atom is -0.454 e. The van der Waals surface area contributed by atoms with Gasteiger partial charge in [-0.3, -0.25) is 9.69 Å². The molecule has 3 aromatic rings. The van der Waals surface area contributed by atoms with E-state index in [1.165, 1.54) is 22.7 Å². The number of halogens is 1. The van der Waals surface area contributed by atoms with Gasteiger partial charge in [-0.15, -0.1) is 0 Å². The number of carbonyl (C=O) groups excluding carboxylic acids is 2. The van der Waals surface area contributed by atoms with E-state index in [2.05, 4.69) is 15.6 Å². The zero-order valence-electron chi connectivity index (χ0n) is 20.1. The van der Waals surface area contributed by atoms with Gasteiger partial charge in [-0.1, -0.05) is 30.0 Å². The highest BCUT2D eigenvalue weighted by Crippen LogP contribution is 2.51. The monoisotopic (exact) mass is 520 g/mol. The third kappa shape index (κ3) is 4.40. The predicted molar refractivity (Wildman–Crippen MR) is 137 cm³/mol. The average molecular weight is 521 g/mol. The molecule has 0 spiro atoms. The number of rotatable bonds is 5. The van der Waals surface area contributed by atoms with Crippen LogP contribution in [0.1, 0.15) is 30.0 Å². The van der Waals surface area contributed by atoms with E-state index in [9.17, 15) is 9.59 Å². The second kappa shape index (κ2) is 9.68. The van der Waals surface area contributed by atoms with Crippen LogP contribution < -0.4 is 20.3 Å². The van der Waals surface area contributed by atoms with Gasteiger partial charge in [0, 0.05) is 24.4 Å². The van der Waals surface area contributed by atoms with Gasteiger partial charge in [-0.25, -0.2) is 14.2 Å². The highest BCUT2D eigenvalue weighted by Gasteiger charge is 2.47. The van der Waals surface area contributed by atoms with E-state index in [-0.39, 0.29) is 17.7 Å². The third-order valence-corrected chi connectivity index (χ3v) is 8.02. The number of thioether (sulfide) groups is 1. The molecule has 3 aliphatic rings. The molecule has 0 saturated carbocycles. The Morgan fingerprint density at radius 3 is 2.86 bits per heavy atom. The smallest absolute Gasteiger partial charge is 0.327 e. The minimum absolute atomic E-state index is 0.0453. The summed E-state index contributed by atoms with van der Waals surface area (Å²) >= 11 is 1.33. The molecule has 4 heterocycles. The molecule has 37 heavy (non-hydrogen) atoms. The molecule has 2 aromatic carbocycles. The van der Waals surface area contributed by atoms with Crippen molar-refractivity contribution in [2.75, 3.05) is 18.1 Å². The van der Waals surface area contributed by atoms with Crippen molar-refractivity contribution >= 4 is 35.1 Å². The van der Waals surface area contributed by atoms with Gasteiger partial charge in [0.15, 0.2) is 11.6 Å². The van der Waals surface area contributed by atoms with E-state index in [0.29, 0.717) is 40.9 Å². The summed E-state index contributed by atoms with van der Waals surface area (Å²) in [4.78, 5) is 32.5. The second-order valence-corrected chi connectivity index (χ2v) is 10.4. The number of aryl methyl sites for hydroxylation is 1. The maximum atomic E-state index is 15.2. The van der Waals surface area contributed by atoms with Crippen molar-refractivity contribution < 1.29 is 23.5 Å². The molecule has 6 rings (SSSR count). The molecule has 2 N–H and O–H groups in total. The van der Waals surface area contributed by atoms with Crippen molar-refractivity contribution in [3.05, 3.63) is 71.7 Å². The van der Waals surface area contributed by atoms with Crippen molar-refractivity contribution in [3.8, 4) is 11.5 Å². The standard InChI is InChI=1S/C27H25FN4O4S/c1-15-12-21(36-17-7-3-2-4-8-17)18(28)13-20(15)32-19-9-10-29-26-22(19)23(31-27(32)34)24(37-26)25(33)30-16-6-5-11-35-14-16/h2-4,7-10,12-13,16,23-24H,5-6,11,14H2,1H3,(H,30,33)(H,31,34)/t16?,23?,24-/m0/s1. The summed E-state index contributed by atoms with van der Waals surface area (Å²) in [6, 6.07) is 12.5. The SMILES string of the molecule is Cc1cc(Oc2ccccc2)c(F)cc1N1C(=O)NC2c3c1ccnc3S[C@@H]2C(=O)NC1CCCOC1. The summed E-state index contributed by atoms with van der Waals surface area (Å²) in [7, 11) is 0. The quantitative estimate of drug-likeness (QED) is 0.492. The molecule has 1 fully saturated rings. The lowest BCUT2D eigenvalue weighted by molar-refractivity contribution is -0.122. The second-order valence-electron chi connectivity index (χ2n) is 9.26. The summed E-state index contributed by atoms with van der Waals surface area (Å²) in [5.41, 5.74) is 2.39. The molecular weight excluding hydrogens is 495 g/mol. The van der Waals surface area contributed by atoms with Crippen LogP contribution in [0.3, 0.4) is 0 Å². The number of hydrogen-bond acceptors (Lipinski definition) is 6. The van der Waals surface area contributed by atoms with E-state index < -0.39 is 23.1 Å². The Labute approximate surface area is 217 Å². The fourth-order valence-electron chi connectivity index (χ4n) is 4.98. The number of carbonyl (C=O) groups is 2. The maximum absolute atomic E-state index is 15.2. The zero-order valence-corrected chi connectivity index (χ0v) is 20.9. The van der Waals surface area contributed by atoms with Crippen LogP contribution in [0.4, 0.5) is 20.6 Å². The van der Waals surface area contributed by atoms with E-state index in [4.69, 9.17) is 9.47 Å². The van der Waals surface area contributed by atoms with E-state index in [0.717, 1.165) is 18.4 Å². The van der Waals surface area contributed by atoms with E-state index >= 15 is 4.39 Å². The van der Waals surface area contributed by atoms with Crippen molar-refractivity contribution in [2.45, 2.75) is 42.1 Å². The first-order valence-electron chi connectivity index (χ1n) is 12.2. The molecule has 3 amide bonds. The number of urea groups is 1. The molecule has 190 valence electrons. The van der Waals surface area contributed by atoms with E-state index in [1.807, 2.05) is 6.07 Å². The Bertz CT molecular complexity index is 1370. The first-order chi connectivity index (χ1) is 18.0. The van der Waals surface area contributed by atoms with Gasteiger partial charge >= 0.3 is 6.03 Å². The normalized spacial score (nSPS) is 22.3. The number of ether oxygens (including phenoxy) is 2. The van der Waals surface area contributed by atoms with Crippen LogP contribution in [0.25, 0.3) is 0 Å². The molecule has 0 radical (unpaired) electrons. The Morgan fingerprint density at radius 1 is 1.24 bits per heavy atom. The van der Waals surface area contributed by atoms with Gasteiger partial charge < -0.3 is 20.1 Å². The first-order valence-corrected chi connectivity index (χ1v) is 13.0. The number of anilines is 2. The highest BCUT2D eigenvalue weighted by molar-refractivity contribution is 8.01. The van der Waals surface area contributed by atoms with Crippen LogP contribution in [-0.4, -0.2) is 41.4 Å². The van der Waals surface area contributed by atoms with Gasteiger partial charge in [0.25, 0.3) is 0 Å². The number of nitrogens with zero attached hydrogens (tertiary/aromatic N) is 2. The molecule has 3 aliphatic heterocycles. The first kappa shape index (κ1) is 23.7.